The number of hydrogen-bond acceptors (Lipinski definition) is 25. The fourth-order valence-corrected chi connectivity index (χ4v) is 22.0. The van der Waals surface area contributed by atoms with Gasteiger partial charge in [0.1, 0.15) is 6.61 Å². The number of ether oxygens (including phenoxy) is 2. The number of hydrogen-bond donors (Lipinski definition) is 1. The van der Waals surface area contributed by atoms with Gasteiger partial charge in [-0.1, -0.05) is 51.9 Å². The molecule has 6 fully saturated rings. The summed E-state index contributed by atoms with van der Waals surface area (Å²) in [4.78, 5) is 130. The number of aryl methyl sites for hydroxylation is 9. The number of piperidine rings is 2. The quantitative estimate of drug-likeness (QED) is 0.0306. The van der Waals surface area contributed by atoms with Crippen LogP contribution in [0.15, 0.2) is 103 Å². The highest BCUT2D eigenvalue weighted by molar-refractivity contribution is 7.12. The summed E-state index contributed by atoms with van der Waals surface area (Å²) in [6.07, 6.45) is 27.3. The average Bonchev–Trinajstić information content (AvgIpc) is 1.39. The van der Waals surface area contributed by atoms with Gasteiger partial charge in [0, 0.05) is 235 Å². The van der Waals surface area contributed by atoms with Crippen molar-refractivity contribution in [3.8, 4) is 0 Å². The number of likely N-dealkylation sites (tertiary alicyclic amines) is 4. The van der Waals surface area contributed by atoms with Gasteiger partial charge in [-0.2, -0.15) is 0 Å². The van der Waals surface area contributed by atoms with Crippen LogP contribution in [0, 0.1) is 68.2 Å². The molecule has 708 valence electrons. The molecule has 18 nitrogen and oxygen atoms in total. The number of anilines is 1. The highest BCUT2D eigenvalue weighted by Gasteiger charge is 2.30. The zero-order valence-corrected chi connectivity index (χ0v) is 86.5. The summed E-state index contributed by atoms with van der Waals surface area (Å²) in [6, 6.07) is 18.4. The van der Waals surface area contributed by atoms with E-state index in [1.807, 2.05) is 149 Å². The van der Waals surface area contributed by atoms with Crippen molar-refractivity contribution >= 4 is 160 Å². The van der Waals surface area contributed by atoms with Gasteiger partial charge < -0.3 is 39.7 Å². The number of nitrogen functional groups attached to an aromatic ring is 1. The molecule has 9 aromatic heterocycles. The fourth-order valence-electron chi connectivity index (χ4n) is 15.8. The summed E-state index contributed by atoms with van der Waals surface area (Å²) in [5.41, 5.74) is 13.2. The van der Waals surface area contributed by atoms with Crippen LogP contribution in [0.3, 0.4) is 0 Å². The van der Waals surface area contributed by atoms with Gasteiger partial charge in [0.25, 0.3) is 5.91 Å². The Balaban J connectivity index is 0.000000200. The van der Waals surface area contributed by atoms with Crippen molar-refractivity contribution in [2.45, 2.75) is 242 Å². The lowest BCUT2D eigenvalue weighted by Gasteiger charge is -2.36. The molecule has 1 aliphatic carbocycles. The maximum atomic E-state index is 12.4. The number of carbonyl (C=O) groups is 9. The second-order valence-electron chi connectivity index (χ2n) is 34.5. The summed E-state index contributed by atoms with van der Waals surface area (Å²) in [6.45, 7) is 36.8. The maximum Gasteiger partial charge on any atom is 0.254 e. The lowest BCUT2D eigenvalue weighted by molar-refractivity contribution is -0.128. The van der Waals surface area contributed by atoms with Crippen molar-refractivity contribution in [1.29, 1.82) is 0 Å². The van der Waals surface area contributed by atoms with Gasteiger partial charge in [0.05, 0.1) is 18.8 Å². The number of ketones is 7. The molecule has 1 saturated carbocycles. The van der Waals surface area contributed by atoms with Crippen molar-refractivity contribution in [1.82, 2.24) is 29.4 Å². The van der Waals surface area contributed by atoms with Crippen LogP contribution >= 0.6 is 102 Å². The first kappa shape index (κ1) is 110. The number of rotatable bonds is 32. The van der Waals surface area contributed by atoms with Crippen LogP contribution in [0.5, 0.6) is 0 Å². The van der Waals surface area contributed by atoms with E-state index in [1.54, 1.807) is 116 Å². The Bertz CT molecular complexity index is 4670. The number of nitrogens with zero attached hydrogens (tertiary/aromatic N) is 6. The zero-order valence-electron chi connectivity index (χ0n) is 79.2. The van der Waals surface area contributed by atoms with Gasteiger partial charge in [0.2, 0.25) is 5.91 Å². The standard InChI is InChI=1S/C15H22N2OS.C14H21NOS.C13H19NO2S.C13H19NOS.C12H16OS.C11H15NO2S.C11H16OS.C8H10O2S.C5H7NS/c1-12-10-13(11-19-12)15(18)17-8-4-14(5-9-17)16-6-2-3-7-16;1-12-10-13(11-17-12)14(16)6-5-9-15-7-3-2-4-8-15;1-11-9-12(10-17-11)13(15)3-2-4-14-5-7-16-8-6-14;1-11-9-12(10-16-11)13(15)5-4-8-14-6-2-3-7-14;1-9-6-11(8-14-9)12(13)7-10-4-2-3-5-10;1-8-6-9(7-15-8)10(13)4-5-11(14)12(2)3;1-3-4-5-6-11(12)10-7-9(2)13-8-10;1-6-3-7(5-11-6)8(9)4-10-2;1-4-2-5(6)3-7-4/h10-11,14H,2-9H2,1H3;10-11H,2-9H2,1H3;9-10H,2-8H2,1H3;9-10H,2-8H2,1H3;6,8,10H,2-5,7H2,1H3;6-7H,4-5H2,1-3H3;7-8H,3-6H2,1-2H3;3,5H,4H2,1-2H3;2-3H,6H2,1H3. The van der Waals surface area contributed by atoms with Crippen molar-refractivity contribution in [2.24, 2.45) is 5.92 Å². The topological polar surface area (TPSA) is 218 Å². The predicted molar refractivity (Wildman–Crippen MR) is 547 cm³/mol. The smallest absolute Gasteiger partial charge is 0.254 e. The Kier molecular flexibility index (Phi) is 52.1. The minimum Gasteiger partial charge on any atom is -0.398 e. The monoisotopic (exact) mass is 1930 g/mol. The van der Waals surface area contributed by atoms with Crippen LogP contribution in [0.2, 0.25) is 0 Å². The van der Waals surface area contributed by atoms with Gasteiger partial charge in [-0.25, -0.2) is 0 Å². The largest absolute Gasteiger partial charge is 0.398 e. The predicted octanol–water partition coefficient (Wildman–Crippen LogP) is 25.0. The summed E-state index contributed by atoms with van der Waals surface area (Å²) in [5.74, 6) is 2.55. The number of thiophene rings is 9. The molecule has 129 heavy (non-hydrogen) atoms. The highest BCUT2D eigenvalue weighted by atomic mass is 32.1. The summed E-state index contributed by atoms with van der Waals surface area (Å²) in [7, 11) is 4.92. The van der Waals surface area contributed by atoms with Crippen LogP contribution in [0.25, 0.3) is 0 Å². The molecule has 0 radical (unpaired) electrons. The maximum absolute atomic E-state index is 12.4. The molecule has 5 aliphatic heterocycles. The minimum absolute atomic E-state index is 0.00435. The van der Waals surface area contributed by atoms with Crippen LogP contribution in [0.4, 0.5) is 5.69 Å². The first-order valence-electron chi connectivity index (χ1n) is 46.4. The lowest BCUT2D eigenvalue weighted by Crippen LogP contribution is -2.45. The molecule has 2 amide bonds. The van der Waals surface area contributed by atoms with E-state index in [9.17, 15) is 43.2 Å². The number of methoxy groups -OCH3 is 1. The molecule has 27 heteroatoms. The third-order valence-electron chi connectivity index (χ3n) is 23.2. The highest BCUT2D eigenvalue weighted by Crippen LogP contribution is 2.31. The second kappa shape index (κ2) is 61.4. The van der Waals surface area contributed by atoms with E-state index in [1.165, 1.54) is 162 Å². The van der Waals surface area contributed by atoms with Gasteiger partial charge in [-0.15, -0.1) is 102 Å². The van der Waals surface area contributed by atoms with E-state index in [-0.39, 0.29) is 35.8 Å². The van der Waals surface area contributed by atoms with E-state index in [0.717, 1.165) is 176 Å². The Hall–Kier alpha value is -6.51. The van der Waals surface area contributed by atoms with Gasteiger partial charge in [-0.3, -0.25) is 48.1 Å². The molecule has 0 unspecified atom stereocenters. The summed E-state index contributed by atoms with van der Waals surface area (Å²) >= 11 is 14.8. The van der Waals surface area contributed by atoms with E-state index in [2.05, 4.69) is 47.3 Å². The van der Waals surface area contributed by atoms with E-state index >= 15 is 0 Å². The Morgan fingerprint density at radius 2 is 0.690 bits per heavy atom. The van der Waals surface area contributed by atoms with Gasteiger partial charge in [0.15, 0.2) is 40.5 Å². The van der Waals surface area contributed by atoms with Crippen molar-refractivity contribution in [2.75, 3.05) is 132 Å². The Morgan fingerprint density at radius 1 is 0.364 bits per heavy atom. The Labute approximate surface area is 806 Å². The normalized spacial score (nSPS) is 15.3. The third-order valence-corrected chi connectivity index (χ3v) is 31.0. The van der Waals surface area contributed by atoms with Crippen LogP contribution < -0.4 is 5.73 Å². The molecule has 2 N–H and O–H groups in total. The number of unbranched alkanes of at least 4 members (excludes halogenated alkanes) is 2. The lowest BCUT2D eigenvalue weighted by atomic mass is 9.98. The number of amides is 2. The summed E-state index contributed by atoms with van der Waals surface area (Å²) in [5, 5.41) is 17.5. The molecular weight excluding hydrogens is 1790 g/mol. The number of carbonyl (C=O) groups excluding carboxylic acids is 9. The van der Waals surface area contributed by atoms with Crippen LogP contribution in [-0.4, -0.2) is 214 Å². The first-order valence-corrected chi connectivity index (χ1v) is 54.4. The molecule has 9 aromatic rings. The van der Waals surface area contributed by atoms with E-state index in [0.29, 0.717) is 67.6 Å². The minimum atomic E-state index is -0.00435. The number of morpholine rings is 1. The third kappa shape index (κ3) is 43.2. The second-order valence-corrected chi connectivity index (χ2v) is 44.6. The SMILES string of the molecule is CCCCCC(=O)c1csc(C)c1.COCC(=O)c1csc(C)c1.Cc1cc(C(=O)CC2CCCC2)cs1.Cc1cc(C(=O)CCC(=O)N(C)C)cs1.Cc1cc(C(=O)CCCN2CCCC2)cs1.Cc1cc(C(=O)CCCN2CCCCC2)cs1.Cc1cc(C(=O)CCCN2CCOCC2)cs1.Cc1cc(C(=O)N2CCC(N3CCCC3)CC2)cs1.Cc1cc(N)cs1. The molecule has 14 heterocycles. The molecule has 0 aromatic carbocycles. The van der Waals surface area contributed by atoms with Crippen molar-refractivity contribution in [3.63, 3.8) is 0 Å². The fraction of sp³-hybridized carbons (Fsp3) is 0.559. The van der Waals surface area contributed by atoms with Crippen LogP contribution in [-0.2, 0) is 14.3 Å². The van der Waals surface area contributed by atoms with E-state index < -0.39 is 0 Å². The molecule has 5 saturated heterocycles. The van der Waals surface area contributed by atoms with Gasteiger partial charge >= 0.3 is 0 Å². The van der Waals surface area contributed by atoms with E-state index in [4.69, 9.17) is 15.2 Å². The average molecular weight is 1930 g/mol. The molecule has 6 aliphatic rings. The number of Topliss-reactive ketones (excluding diaryl/α,β-unsaturated/α-hetero) is 7. The molecule has 0 spiro atoms. The van der Waals surface area contributed by atoms with Crippen molar-refractivity contribution in [3.05, 3.63) is 191 Å². The first-order chi connectivity index (χ1) is 62.0. The van der Waals surface area contributed by atoms with Crippen molar-refractivity contribution < 1.29 is 52.6 Å². The van der Waals surface area contributed by atoms with Gasteiger partial charge in [-0.05, 0) is 259 Å². The summed E-state index contributed by atoms with van der Waals surface area (Å²) < 4.78 is 10.0. The zero-order chi connectivity index (χ0) is 93.4. The molecule has 0 bridgehead atoms. The molecule has 15 rings (SSSR count). The van der Waals surface area contributed by atoms with Crippen LogP contribution in [0.1, 0.15) is 301 Å². The molecular formula is C102H145N7O11S9. The Morgan fingerprint density at radius 3 is 1.02 bits per heavy atom. The number of nitrogens with two attached hydrogens (primary N) is 1. The molecule has 0 atom stereocenters.